The summed E-state index contributed by atoms with van der Waals surface area (Å²) in [6.07, 6.45) is 0. The first-order chi connectivity index (χ1) is 13.3. The average Bonchev–Trinajstić information content (AvgIpc) is 3.12. The maximum Gasteiger partial charge on any atom is 0.240 e. The summed E-state index contributed by atoms with van der Waals surface area (Å²) in [7, 11) is -3.61. The normalized spacial score (nSPS) is 12.4. The predicted molar refractivity (Wildman–Crippen MR) is 110 cm³/mol. The first kappa shape index (κ1) is 22.2. The molecule has 3 N–H and O–H groups in total. The summed E-state index contributed by atoms with van der Waals surface area (Å²) in [6.45, 7) is 7.60. The van der Waals surface area contributed by atoms with E-state index >= 15 is 0 Å². The van der Waals surface area contributed by atoms with Gasteiger partial charge in [-0.15, -0.1) is 0 Å². The third kappa shape index (κ3) is 6.81. The van der Waals surface area contributed by atoms with Gasteiger partial charge in [-0.25, -0.2) is 18.1 Å². The second kappa shape index (κ2) is 10.4. The van der Waals surface area contributed by atoms with E-state index in [0.29, 0.717) is 42.3 Å². The van der Waals surface area contributed by atoms with Gasteiger partial charge >= 0.3 is 0 Å². The lowest BCUT2D eigenvalue weighted by Crippen LogP contribution is -2.41. The van der Waals surface area contributed by atoms with E-state index in [1.54, 1.807) is 12.1 Å². The van der Waals surface area contributed by atoms with Crippen LogP contribution in [0.25, 0.3) is 0 Å². The summed E-state index contributed by atoms with van der Waals surface area (Å²) in [4.78, 5) is 4.56. The van der Waals surface area contributed by atoms with E-state index in [-0.39, 0.29) is 11.4 Å². The van der Waals surface area contributed by atoms with Crippen molar-refractivity contribution in [3.05, 3.63) is 46.8 Å². The van der Waals surface area contributed by atoms with Crippen LogP contribution >= 0.6 is 11.6 Å². The molecule has 154 valence electrons. The van der Waals surface area contributed by atoms with Crippen LogP contribution in [0.3, 0.4) is 0 Å². The van der Waals surface area contributed by atoms with Crippen LogP contribution in [-0.4, -0.2) is 39.2 Å². The Bertz CT molecular complexity index is 896. The quantitative estimate of drug-likeness (QED) is 0.322. The molecular formula is C18H26ClN5O3S. The van der Waals surface area contributed by atoms with Crippen LogP contribution in [0.1, 0.15) is 38.1 Å². The molecule has 0 aliphatic heterocycles. The van der Waals surface area contributed by atoms with Gasteiger partial charge in [-0.2, -0.15) is 0 Å². The molecule has 8 nitrogen and oxygen atoms in total. The third-order valence-corrected chi connectivity index (χ3v) is 5.42. The Balaban J connectivity index is 1.87. The van der Waals surface area contributed by atoms with Crippen LogP contribution in [0.2, 0.25) is 5.02 Å². The number of hydrogen-bond acceptors (Lipinski definition) is 5. The first-order valence-corrected chi connectivity index (χ1v) is 10.9. The van der Waals surface area contributed by atoms with E-state index in [2.05, 4.69) is 25.5 Å². The van der Waals surface area contributed by atoms with Gasteiger partial charge in [0.1, 0.15) is 6.54 Å². The van der Waals surface area contributed by atoms with Crippen molar-refractivity contribution in [2.24, 2.45) is 4.99 Å². The fourth-order valence-electron chi connectivity index (χ4n) is 2.26. The molecule has 1 aromatic heterocycles. The van der Waals surface area contributed by atoms with Crippen molar-refractivity contribution in [2.45, 2.75) is 38.1 Å². The van der Waals surface area contributed by atoms with Crippen LogP contribution in [0.15, 0.2) is 44.7 Å². The fraction of sp³-hybridized carbons (Fsp3) is 0.444. The monoisotopic (exact) mass is 427 g/mol. The number of aliphatic imine (C=N–C) groups is 1. The van der Waals surface area contributed by atoms with Gasteiger partial charge in [0.2, 0.25) is 10.0 Å². The third-order valence-electron chi connectivity index (χ3n) is 3.72. The van der Waals surface area contributed by atoms with Crippen LogP contribution < -0.4 is 15.4 Å². The number of guanidine groups is 1. The van der Waals surface area contributed by atoms with Crippen molar-refractivity contribution in [1.82, 2.24) is 20.5 Å². The molecular weight excluding hydrogens is 402 g/mol. The van der Waals surface area contributed by atoms with E-state index in [0.717, 1.165) is 5.69 Å². The number of rotatable bonds is 9. The Labute approximate surface area is 170 Å². The number of sulfonamides is 1. The highest BCUT2D eigenvalue weighted by Crippen LogP contribution is 2.15. The van der Waals surface area contributed by atoms with Crippen molar-refractivity contribution < 1.29 is 12.9 Å². The molecule has 0 amide bonds. The number of hydrogen-bond donors (Lipinski definition) is 3. The topological polar surface area (TPSA) is 109 Å². The van der Waals surface area contributed by atoms with E-state index in [4.69, 9.17) is 16.1 Å². The molecule has 0 saturated carbocycles. The minimum absolute atomic E-state index is 0.131. The first-order valence-electron chi connectivity index (χ1n) is 9.04. The molecule has 0 fully saturated rings. The Kier molecular flexibility index (Phi) is 8.28. The van der Waals surface area contributed by atoms with Crippen LogP contribution in [0.4, 0.5) is 0 Å². The Hall–Kier alpha value is -2.10. The number of benzene rings is 1. The molecule has 0 aliphatic rings. The molecule has 1 heterocycles. The van der Waals surface area contributed by atoms with Gasteiger partial charge < -0.3 is 15.2 Å². The van der Waals surface area contributed by atoms with Gasteiger partial charge in [0.05, 0.1) is 10.6 Å². The van der Waals surface area contributed by atoms with Crippen LogP contribution in [-0.2, 0) is 16.6 Å². The van der Waals surface area contributed by atoms with Crippen molar-refractivity contribution >= 4 is 27.6 Å². The molecule has 0 spiro atoms. The second-order valence-corrected chi connectivity index (χ2v) is 8.55. The highest BCUT2D eigenvalue weighted by atomic mass is 35.5. The van der Waals surface area contributed by atoms with Gasteiger partial charge in [-0.05, 0) is 31.0 Å². The molecule has 2 aromatic rings. The van der Waals surface area contributed by atoms with E-state index in [1.165, 1.54) is 12.1 Å². The minimum atomic E-state index is -3.61. The average molecular weight is 428 g/mol. The Morgan fingerprint density at radius 1 is 1.25 bits per heavy atom. The van der Waals surface area contributed by atoms with Gasteiger partial charge in [-0.1, -0.05) is 36.7 Å². The van der Waals surface area contributed by atoms with Crippen LogP contribution in [0, 0.1) is 0 Å². The van der Waals surface area contributed by atoms with Crippen molar-refractivity contribution in [3.8, 4) is 0 Å². The summed E-state index contributed by atoms with van der Waals surface area (Å²) >= 11 is 5.85. The van der Waals surface area contributed by atoms with E-state index in [9.17, 15) is 8.42 Å². The summed E-state index contributed by atoms with van der Waals surface area (Å²) in [6, 6.07) is 8.01. The summed E-state index contributed by atoms with van der Waals surface area (Å²) < 4.78 is 32.3. The van der Waals surface area contributed by atoms with Crippen molar-refractivity contribution in [2.75, 3.05) is 19.6 Å². The number of nitrogens with one attached hydrogen (secondary N) is 3. The predicted octanol–water partition coefficient (Wildman–Crippen LogP) is 2.49. The minimum Gasteiger partial charge on any atom is -0.359 e. The van der Waals surface area contributed by atoms with Gasteiger partial charge in [-0.3, -0.25) is 0 Å². The molecule has 0 bridgehead atoms. The molecule has 0 aliphatic carbocycles. The molecule has 0 unspecified atom stereocenters. The lowest BCUT2D eigenvalue weighted by Gasteiger charge is -2.12. The van der Waals surface area contributed by atoms with Gasteiger partial charge in [0, 0.05) is 30.7 Å². The van der Waals surface area contributed by atoms with E-state index in [1.807, 2.05) is 26.8 Å². The maximum atomic E-state index is 12.3. The van der Waals surface area contributed by atoms with Crippen LogP contribution in [0.5, 0.6) is 0 Å². The molecule has 0 saturated heterocycles. The highest BCUT2D eigenvalue weighted by Gasteiger charge is 2.13. The number of nitrogens with zero attached hydrogens (tertiary/aromatic N) is 2. The molecule has 1 aromatic carbocycles. The molecule has 10 heteroatoms. The molecule has 0 radical (unpaired) electrons. The second-order valence-electron chi connectivity index (χ2n) is 6.35. The lowest BCUT2D eigenvalue weighted by atomic mass is 10.1. The summed E-state index contributed by atoms with van der Waals surface area (Å²) in [5.74, 6) is 1.52. The fourth-order valence-corrected chi connectivity index (χ4v) is 3.59. The zero-order chi connectivity index (χ0) is 20.6. The lowest BCUT2D eigenvalue weighted by molar-refractivity contribution is 0.376. The standard InChI is InChI=1S/C18H26ClN5O3S/c1-4-20-18(22-12-15-11-17(13(2)3)24-27-15)21-8-9-23-28(25,26)16-7-5-6-14(19)10-16/h5-7,10-11,13,23H,4,8-9,12H2,1-3H3,(H2,20,21,22). The summed E-state index contributed by atoms with van der Waals surface area (Å²) in [5.41, 5.74) is 0.888. The Morgan fingerprint density at radius 2 is 2.04 bits per heavy atom. The zero-order valence-corrected chi connectivity index (χ0v) is 17.8. The SMILES string of the molecule is CCNC(=NCc1cc(C(C)C)no1)NCCNS(=O)(=O)c1cccc(Cl)c1. The number of aromatic nitrogens is 1. The van der Waals surface area contributed by atoms with Crippen molar-refractivity contribution in [3.63, 3.8) is 0 Å². The van der Waals surface area contributed by atoms with Crippen molar-refractivity contribution in [1.29, 1.82) is 0 Å². The van der Waals surface area contributed by atoms with Gasteiger partial charge in [0.25, 0.3) is 0 Å². The molecule has 28 heavy (non-hydrogen) atoms. The largest absolute Gasteiger partial charge is 0.359 e. The van der Waals surface area contributed by atoms with E-state index < -0.39 is 10.0 Å². The smallest absolute Gasteiger partial charge is 0.240 e. The molecule has 2 rings (SSSR count). The van der Waals surface area contributed by atoms with Gasteiger partial charge in [0.15, 0.2) is 11.7 Å². The molecule has 0 atom stereocenters. The summed E-state index contributed by atoms with van der Waals surface area (Å²) in [5, 5.41) is 10.6. The highest BCUT2D eigenvalue weighted by molar-refractivity contribution is 7.89. The number of halogens is 1. The zero-order valence-electron chi connectivity index (χ0n) is 16.2. The maximum absolute atomic E-state index is 12.3. The Morgan fingerprint density at radius 3 is 2.68 bits per heavy atom.